The molecule has 1 saturated heterocycles. The molecule has 26 heavy (non-hydrogen) atoms. The van der Waals surface area contributed by atoms with Crippen LogP contribution in [0.15, 0.2) is 33.7 Å². The summed E-state index contributed by atoms with van der Waals surface area (Å²) in [6.45, 7) is 5.94. The van der Waals surface area contributed by atoms with Gasteiger partial charge < -0.3 is 15.5 Å². The van der Waals surface area contributed by atoms with Gasteiger partial charge in [0.15, 0.2) is 5.96 Å². The summed E-state index contributed by atoms with van der Waals surface area (Å²) in [4.78, 5) is 20.4. The predicted octanol–water partition coefficient (Wildman–Crippen LogP) is 2.06. The Morgan fingerprint density at radius 1 is 1.27 bits per heavy atom. The zero-order valence-electron chi connectivity index (χ0n) is 16.0. The maximum atomic E-state index is 11.8. The zero-order valence-corrected chi connectivity index (χ0v) is 17.6. The highest BCUT2D eigenvalue weighted by Crippen LogP contribution is 2.12. The van der Waals surface area contributed by atoms with E-state index in [0.717, 1.165) is 42.9 Å². The van der Waals surface area contributed by atoms with Crippen LogP contribution in [0, 0.1) is 0 Å². The molecule has 7 heteroatoms. The first-order valence-corrected chi connectivity index (χ1v) is 9.99. The van der Waals surface area contributed by atoms with Crippen LogP contribution in [-0.2, 0) is 11.3 Å². The molecule has 1 amide bonds. The van der Waals surface area contributed by atoms with Crippen molar-refractivity contribution in [2.45, 2.75) is 32.4 Å². The van der Waals surface area contributed by atoms with E-state index in [4.69, 9.17) is 4.99 Å². The fourth-order valence-electron chi connectivity index (χ4n) is 2.84. The molecule has 1 aromatic carbocycles. The number of nitrogens with zero attached hydrogens (tertiary/aromatic N) is 3. The normalized spacial score (nSPS) is 16.4. The van der Waals surface area contributed by atoms with Gasteiger partial charge in [0.1, 0.15) is 0 Å². The molecule has 0 saturated carbocycles. The molecule has 1 aromatic rings. The third kappa shape index (κ3) is 6.96. The van der Waals surface area contributed by atoms with Gasteiger partial charge in [0, 0.05) is 44.2 Å². The number of benzene rings is 1. The maximum absolute atomic E-state index is 11.8. The largest absolute Gasteiger partial charge is 0.357 e. The Bertz CT molecular complexity index is 594. The van der Waals surface area contributed by atoms with Crippen LogP contribution >= 0.6 is 15.9 Å². The van der Waals surface area contributed by atoms with Gasteiger partial charge >= 0.3 is 0 Å². The number of piperidine rings is 1. The first kappa shape index (κ1) is 20.7. The average molecular weight is 424 g/mol. The molecule has 2 N–H and O–H groups in total. The second-order valence-electron chi connectivity index (χ2n) is 6.80. The van der Waals surface area contributed by atoms with E-state index < -0.39 is 0 Å². The Balaban J connectivity index is 1.83. The summed E-state index contributed by atoms with van der Waals surface area (Å²) < 4.78 is 1.08. The van der Waals surface area contributed by atoms with Crippen molar-refractivity contribution in [3.63, 3.8) is 0 Å². The lowest BCUT2D eigenvalue weighted by Gasteiger charge is -2.33. The summed E-state index contributed by atoms with van der Waals surface area (Å²) in [5, 5.41) is 6.87. The first-order valence-electron chi connectivity index (χ1n) is 9.19. The van der Waals surface area contributed by atoms with Gasteiger partial charge in [-0.15, -0.1) is 0 Å². The molecular formula is C19H30BrN5O. The minimum Gasteiger partial charge on any atom is -0.357 e. The van der Waals surface area contributed by atoms with Crippen molar-refractivity contribution >= 4 is 27.8 Å². The average Bonchev–Trinajstić information content (AvgIpc) is 2.62. The van der Waals surface area contributed by atoms with Gasteiger partial charge in [0.05, 0.1) is 13.1 Å². The lowest BCUT2D eigenvalue weighted by Crippen LogP contribution is -2.50. The maximum Gasteiger partial charge on any atom is 0.236 e. The van der Waals surface area contributed by atoms with Crippen molar-refractivity contribution in [2.75, 3.05) is 40.3 Å². The van der Waals surface area contributed by atoms with E-state index in [0.29, 0.717) is 19.1 Å². The molecule has 0 radical (unpaired) electrons. The number of aliphatic imine (C=N–C) groups is 1. The molecule has 6 nitrogen and oxygen atoms in total. The molecule has 144 valence electrons. The van der Waals surface area contributed by atoms with Crippen LogP contribution in [0.4, 0.5) is 0 Å². The number of carbonyl (C=O) groups excluding carboxylic acids is 1. The highest BCUT2D eigenvalue weighted by molar-refractivity contribution is 9.10. The minimum absolute atomic E-state index is 0.167. The Labute approximate surface area is 165 Å². The van der Waals surface area contributed by atoms with E-state index >= 15 is 0 Å². The summed E-state index contributed by atoms with van der Waals surface area (Å²) >= 11 is 3.46. The minimum atomic E-state index is 0.167. The van der Waals surface area contributed by atoms with Gasteiger partial charge in [-0.1, -0.05) is 28.1 Å². The SMILES string of the molecule is CCNC(=NCc1ccc(Br)cc1)NC1CCN(CC(=O)N(C)C)CC1. The molecule has 0 spiro atoms. The van der Waals surface area contributed by atoms with Crippen LogP contribution in [-0.4, -0.2) is 68.0 Å². The Morgan fingerprint density at radius 3 is 2.50 bits per heavy atom. The predicted molar refractivity (Wildman–Crippen MR) is 110 cm³/mol. The van der Waals surface area contributed by atoms with Crippen molar-refractivity contribution in [3.8, 4) is 0 Å². The molecule has 0 unspecified atom stereocenters. The number of amides is 1. The molecule has 1 aliphatic rings. The van der Waals surface area contributed by atoms with Gasteiger partial charge in [-0.05, 0) is 37.5 Å². The first-order chi connectivity index (χ1) is 12.5. The molecule has 1 heterocycles. The van der Waals surface area contributed by atoms with Gasteiger partial charge in [-0.3, -0.25) is 9.69 Å². The second kappa shape index (κ2) is 10.5. The summed E-state index contributed by atoms with van der Waals surface area (Å²) in [5.74, 6) is 1.03. The Kier molecular flexibility index (Phi) is 8.38. The number of rotatable bonds is 6. The standard InChI is InChI=1S/C19H30BrN5O/c1-4-21-19(22-13-15-5-7-16(20)8-6-15)23-17-9-11-25(12-10-17)14-18(26)24(2)3/h5-8,17H,4,9-14H2,1-3H3,(H2,21,22,23). The Morgan fingerprint density at radius 2 is 1.92 bits per heavy atom. The number of hydrogen-bond acceptors (Lipinski definition) is 3. The summed E-state index contributed by atoms with van der Waals surface area (Å²) in [7, 11) is 3.61. The molecule has 0 aromatic heterocycles. The third-order valence-corrected chi connectivity index (χ3v) is 4.99. The van der Waals surface area contributed by atoms with Crippen LogP contribution in [0.5, 0.6) is 0 Å². The van der Waals surface area contributed by atoms with Crippen LogP contribution in [0.2, 0.25) is 0 Å². The van der Waals surface area contributed by atoms with Gasteiger partial charge in [-0.25, -0.2) is 4.99 Å². The molecule has 2 rings (SSSR count). The quantitative estimate of drug-likeness (QED) is 0.542. The monoisotopic (exact) mass is 423 g/mol. The van der Waals surface area contributed by atoms with Crippen molar-refractivity contribution < 1.29 is 4.79 Å². The van der Waals surface area contributed by atoms with Crippen LogP contribution in [0.3, 0.4) is 0 Å². The molecule has 0 atom stereocenters. The fourth-order valence-corrected chi connectivity index (χ4v) is 3.11. The number of nitrogens with one attached hydrogen (secondary N) is 2. The number of guanidine groups is 1. The van der Waals surface area contributed by atoms with Crippen molar-refractivity contribution in [1.29, 1.82) is 0 Å². The third-order valence-electron chi connectivity index (χ3n) is 4.46. The molecule has 0 aliphatic carbocycles. The summed E-state index contributed by atoms with van der Waals surface area (Å²) in [5.41, 5.74) is 1.18. The van der Waals surface area contributed by atoms with Crippen LogP contribution in [0.1, 0.15) is 25.3 Å². The second-order valence-corrected chi connectivity index (χ2v) is 7.72. The number of carbonyl (C=O) groups is 1. The van der Waals surface area contributed by atoms with E-state index in [1.165, 1.54) is 5.56 Å². The number of likely N-dealkylation sites (tertiary alicyclic amines) is 1. The molecular weight excluding hydrogens is 394 g/mol. The highest BCUT2D eigenvalue weighted by Gasteiger charge is 2.21. The van der Waals surface area contributed by atoms with E-state index in [2.05, 4.69) is 50.5 Å². The van der Waals surface area contributed by atoms with E-state index in [1.54, 1.807) is 19.0 Å². The van der Waals surface area contributed by atoms with E-state index in [9.17, 15) is 4.79 Å². The van der Waals surface area contributed by atoms with Gasteiger partial charge in [0.25, 0.3) is 0 Å². The molecule has 0 bridgehead atoms. The van der Waals surface area contributed by atoms with E-state index in [1.807, 2.05) is 12.1 Å². The topological polar surface area (TPSA) is 60.0 Å². The summed E-state index contributed by atoms with van der Waals surface area (Å²) in [6.07, 6.45) is 2.03. The zero-order chi connectivity index (χ0) is 18.9. The number of likely N-dealkylation sites (N-methyl/N-ethyl adjacent to an activating group) is 1. The number of halogens is 1. The van der Waals surface area contributed by atoms with Gasteiger partial charge in [-0.2, -0.15) is 0 Å². The van der Waals surface area contributed by atoms with Crippen molar-refractivity contribution in [3.05, 3.63) is 34.3 Å². The van der Waals surface area contributed by atoms with Crippen molar-refractivity contribution in [2.24, 2.45) is 4.99 Å². The lowest BCUT2D eigenvalue weighted by atomic mass is 10.1. The number of hydrogen-bond donors (Lipinski definition) is 2. The van der Waals surface area contributed by atoms with Crippen LogP contribution in [0.25, 0.3) is 0 Å². The smallest absolute Gasteiger partial charge is 0.236 e. The lowest BCUT2D eigenvalue weighted by molar-refractivity contribution is -0.130. The van der Waals surface area contributed by atoms with Crippen molar-refractivity contribution in [1.82, 2.24) is 20.4 Å². The Hall–Kier alpha value is -1.60. The highest BCUT2D eigenvalue weighted by atomic mass is 79.9. The van der Waals surface area contributed by atoms with Crippen LogP contribution < -0.4 is 10.6 Å². The fraction of sp³-hybridized carbons (Fsp3) is 0.579. The van der Waals surface area contributed by atoms with Gasteiger partial charge in [0.2, 0.25) is 5.91 Å². The molecule has 1 fully saturated rings. The molecule has 1 aliphatic heterocycles. The summed E-state index contributed by atoms with van der Waals surface area (Å²) in [6, 6.07) is 8.63. The van der Waals surface area contributed by atoms with E-state index in [-0.39, 0.29) is 5.91 Å².